The van der Waals surface area contributed by atoms with Crippen molar-refractivity contribution < 1.29 is 0 Å². The molecule has 1 unspecified atom stereocenters. The first-order chi connectivity index (χ1) is 10.2. The average Bonchev–Trinajstić information content (AvgIpc) is 2.56. The van der Waals surface area contributed by atoms with Crippen LogP contribution in [0.4, 0.5) is 0 Å². The van der Waals surface area contributed by atoms with Crippen molar-refractivity contribution >= 4 is 27.5 Å². The molecule has 3 aromatic carbocycles. The number of hydrogen-bond acceptors (Lipinski definition) is 0. The minimum absolute atomic E-state index is 0.180. The first-order valence-corrected chi connectivity index (χ1v) is 8.08. The van der Waals surface area contributed by atoms with Gasteiger partial charge in [-0.15, -0.1) is 0 Å². The van der Waals surface area contributed by atoms with Crippen LogP contribution in [-0.4, -0.2) is 0 Å². The maximum atomic E-state index is 5.94. The summed E-state index contributed by atoms with van der Waals surface area (Å²) in [6.07, 6.45) is 0. The Morgan fingerprint density at radius 3 is 1.67 bits per heavy atom. The molecule has 0 aliphatic heterocycles. The van der Waals surface area contributed by atoms with E-state index in [4.69, 9.17) is 11.6 Å². The molecular formula is C19H14BrCl. The van der Waals surface area contributed by atoms with E-state index in [2.05, 4.69) is 64.5 Å². The van der Waals surface area contributed by atoms with E-state index in [9.17, 15) is 0 Å². The predicted molar refractivity (Wildman–Crippen MR) is 94.1 cm³/mol. The molecule has 2 heteroatoms. The first-order valence-electron chi connectivity index (χ1n) is 6.79. The fraction of sp³-hybridized carbons (Fsp3) is 0.0526. The van der Waals surface area contributed by atoms with Gasteiger partial charge in [-0.1, -0.05) is 94.3 Å². The normalized spacial score (nSPS) is 12.1. The summed E-state index contributed by atoms with van der Waals surface area (Å²) in [4.78, 5) is 0.180. The molecule has 21 heavy (non-hydrogen) atoms. The Morgan fingerprint density at radius 2 is 1.10 bits per heavy atom. The van der Waals surface area contributed by atoms with Gasteiger partial charge in [-0.3, -0.25) is 0 Å². The van der Waals surface area contributed by atoms with Crippen LogP contribution in [0, 0.1) is 0 Å². The monoisotopic (exact) mass is 356 g/mol. The number of rotatable bonds is 3. The molecule has 0 heterocycles. The maximum absolute atomic E-state index is 5.94. The van der Waals surface area contributed by atoms with E-state index in [1.54, 1.807) is 0 Å². The molecule has 104 valence electrons. The molecule has 0 nitrogen and oxygen atoms in total. The largest absolute Gasteiger partial charge is 0.0843 e. The molecule has 0 aromatic heterocycles. The van der Waals surface area contributed by atoms with Gasteiger partial charge in [0, 0.05) is 5.02 Å². The van der Waals surface area contributed by atoms with Crippen LogP contribution < -0.4 is 0 Å². The Balaban J connectivity index is 1.85. The van der Waals surface area contributed by atoms with E-state index in [0.717, 1.165) is 5.02 Å². The summed E-state index contributed by atoms with van der Waals surface area (Å²) in [5, 5.41) is 0.762. The summed E-state index contributed by atoms with van der Waals surface area (Å²) in [5.74, 6) is 0. The highest BCUT2D eigenvalue weighted by molar-refractivity contribution is 9.09. The molecule has 0 fully saturated rings. The highest BCUT2D eigenvalue weighted by Gasteiger charge is 2.10. The van der Waals surface area contributed by atoms with E-state index >= 15 is 0 Å². The quantitative estimate of drug-likeness (QED) is 0.470. The Labute approximate surface area is 138 Å². The average molecular weight is 358 g/mol. The zero-order valence-electron chi connectivity index (χ0n) is 11.3. The second-order valence-electron chi connectivity index (χ2n) is 4.90. The lowest BCUT2D eigenvalue weighted by molar-refractivity contribution is 1.18. The van der Waals surface area contributed by atoms with E-state index in [1.165, 1.54) is 22.3 Å². The van der Waals surface area contributed by atoms with Crippen LogP contribution in [0.2, 0.25) is 5.02 Å². The topological polar surface area (TPSA) is 0 Å². The molecule has 0 saturated carbocycles. The van der Waals surface area contributed by atoms with Crippen LogP contribution in [0.5, 0.6) is 0 Å². The second-order valence-corrected chi connectivity index (χ2v) is 6.25. The minimum Gasteiger partial charge on any atom is -0.0843 e. The van der Waals surface area contributed by atoms with Crippen molar-refractivity contribution in [3.8, 4) is 11.1 Å². The summed E-state index contributed by atoms with van der Waals surface area (Å²) in [6.45, 7) is 0. The molecule has 0 radical (unpaired) electrons. The number of halogens is 2. The maximum Gasteiger partial charge on any atom is 0.0644 e. The van der Waals surface area contributed by atoms with Crippen molar-refractivity contribution in [1.82, 2.24) is 0 Å². The van der Waals surface area contributed by atoms with Crippen LogP contribution in [0.15, 0.2) is 78.9 Å². The van der Waals surface area contributed by atoms with Gasteiger partial charge in [0.2, 0.25) is 0 Å². The zero-order chi connectivity index (χ0) is 14.7. The lowest BCUT2D eigenvalue weighted by Gasteiger charge is -2.12. The Kier molecular flexibility index (Phi) is 4.42. The molecule has 0 aliphatic carbocycles. The van der Waals surface area contributed by atoms with Crippen molar-refractivity contribution in [2.45, 2.75) is 4.83 Å². The van der Waals surface area contributed by atoms with Crippen molar-refractivity contribution in [1.29, 1.82) is 0 Å². The van der Waals surface area contributed by atoms with Crippen molar-refractivity contribution in [3.63, 3.8) is 0 Å². The lowest BCUT2D eigenvalue weighted by Crippen LogP contribution is -1.92. The van der Waals surface area contributed by atoms with Crippen molar-refractivity contribution in [2.24, 2.45) is 0 Å². The van der Waals surface area contributed by atoms with E-state index in [-0.39, 0.29) is 4.83 Å². The fourth-order valence-corrected chi connectivity index (χ4v) is 3.04. The molecular weight excluding hydrogens is 344 g/mol. The van der Waals surface area contributed by atoms with E-state index in [0.29, 0.717) is 0 Å². The standard InChI is InChI=1S/C19H14BrCl/c20-19(17-10-12-18(21)13-11-17)16-8-6-15(7-9-16)14-4-2-1-3-5-14/h1-13,19H. The van der Waals surface area contributed by atoms with Gasteiger partial charge < -0.3 is 0 Å². The summed E-state index contributed by atoms with van der Waals surface area (Å²) >= 11 is 9.69. The molecule has 0 aliphatic rings. The highest BCUT2D eigenvalue weighted by atomic mass is 79.9. The smallest absolute Gasteiger partial charge is 0.0644 e. The Morgan fingerprint density at radius 1 is 0.619 bits per heavy atom. The SMILES string of the molecule is Clc1ccc(C(Br)c2ccc(-c3ccccc3)cc2)cc1. The number of benzene rings is 3. The fourth-order valence-electron chi connectivity index (χ4n) is 2.30. The molecule has 0 bridgehead atoms. The van der Waals surface area contributed by atoms with E-state index < -0.39 is 0 Å². The molecule has 0 spiro atoms. The summed E-state index contributed by atoms with van der Waals surface area (Å²) < 4.78 is 0. The van der Waals surface area contributed by atoms with Crippen LogP contribution in [-0.2, 0) is 0 Å². The van der Waals surface area contributed by atoms with Gasteiger partial charge in [0.05, 0.1) is 4.83 Å². The molecule has 0 N–H and O–H groups in total. The zero-order valence-corrected chi connectivity index (χ0v) is 13.7. The summed E-state index contributed by atoms with van der Waals surface area (Å²) in [5.41, 5.74) is 4.90. The van der Waals surface area contributed by atoms with Crippen LogP contribution >= 0.6 is 27.5 Å². The van der Waals surface area contributed by atoms with E-state index in [1.807, 2.05) is 30.3 Å². The third kappa shape index (κ3) is 3.37. The number of alkyl halides is 1. The molecule has 0 amide bonds. The van der Waals surface area contributed by atoms with Gasteiger partial charge in [-0.25, -0.2) is 0 Å². The van der Waals surface area contributed by atoms with Crippen molar-refractivity contribution in [2.75, 3.05) is 0 Å². The molecule has 0 saturated heterocycles. The van der Waals surface area contributed by atoms with Gasteiger partial charge in [0.15, 0.2) is 0 Å². The van der Waals surface area contributed by atoms with Crippen LogP contribution in [0.25, 0.3) is 11.1 Å². The molecule has 3 aromatic rings. The van der Waals surface area contributed by atoms with Gasteiger partial charge in [-0.05, 0) is 34.4 Å². The third-order valence-electron chi connectivity index (χ3n) is 3.47. The second kappa shape index (κ2) is 6.46. The van der Waals surface area contributed by atoms with Crippen LogP contribution in [0.1, 0.15) is 16.0 Å². The minimum atomic E-state index is 0.180. The summed E-state index contributed by atoms with van der Waals surface area (Å²) in [7, 11) is 0. The first kappa shape index (κ1) is 14.4. The Hall–Kier alpha value is -1.57. The Bertz CT molecular complexity index is 703. The third-order valence-corrected chi connectivity index (χ3v) is 4.78. The molecule has 3 rings (SSSR count). The van der Waals surface area contributed by atoms with Gasteiger partial charge in [0.1, 0.15) is 0 Å². The molecule has 1 atom stereocenters. The van der Waals surface area contributed by atoms with Gasteiger partial charge in [-0.2, -0.15) is 0 Å². The van der Waals surface area contributed by atoms with Gasteiger partial charge >= 0.3 is 0 Å². The van der Waals surface area contributed by atoms with Gasteiger partial charge in [0.25, 0.3) is 0 Å². The highest BCUT2D eigenvalue weighted by Crippen LogP contribution is 2.32. The number of hydrogen-bond donors (Lipinski definition) is 0. The van der Waals surface area contributed by atoms with Crippen LogP contribution in [0.3, 0.4) is 0 Å². The lowest BCUT2D eigenvalue weighted by atomic mass is 10.0. The summed E-state index contributed by atoms with van der Waals surface area (Å²) in [6, 6.07) is 27.0. The van der Waals surface area contributed by atoms with Crippen molar-refractivity contribution in [3.05, 3.63) is 95.0 Å². The predicted octanol–water partition coefficient (Wildman–Crippen LogP) is 6.49.